The molecule has 1 fully saturated rings. The molecule has 8 heteroatoms. The van der Waals surface area contributed by atoms with E-state index in [2.05, 4.69) is 6.92 Å². The van der Waals surface area contributed by atoms with Crippen LogP contribution in [-0.2, 0) is 20.9 Å². The molecule has 1 aromatic heterocycles. The van der Waals surface area contributed by atoms with Crippen LogP contribution in [0, 0.1) is 17.8 Å². The Morgan fingerprint density at radius 3 is 2.53 bits per heavy atom. The van der Waals surface area contributed by atoms with Crippen LogP contribution in [0.1, 0.15) is 50.5 Å². The minimum absolute atomic E-state index is 0.167. The fourth-order valence-electron chi connectivity index (χ4n) is 5.92. The number of carbonyl (C=O) groups excluding carboxylic acids is 2. The van der Waals surface area contributed by atoms with E-state index in [0.29, 0.717) is 42.0 Å². The number of ether oxygens (including phenoxy) is 1. The minimum atomic E-state index is -0.906. The summed E-state index contributed by atoms with van der Waals surface area (Å²) in [5, 5.41) is 31.2. The number of amides is 2. The van der Waals surface area contributed by atoms with E-state index in [1.165, 1.54) is 4.90 Å². The Balaban J connectivity index is 1.59. The smallest absolute Gasteiger partial charge is 0.238 e. The van der Waals surface area contributed by atoms with Gasteiger partial charge in [-0.05, 0) is 67.2 Å². The van der Waals surface area contributed by atoms with E-state index in [9.17, 15) is 24.9 Å². The number of rotatable bonds is 12. The molecular formula is C30H37NO7. The van der Waals surface area contributed by atoms with Crippen molar-refractivity contribution < 1.29 is 34.1 Å². The van der Waals surface area contributed by atoms with Crippen molar-refractivity contribution in [3.8, 4) is 0 Å². The number of furan rings is 1. The minimum Gasteiger partial charge on any atom is -0.459 e. The summed E-state index contributed by atoms with van der Waals surface area (Å²) in [5.74, 6) is -1.48. The first-order valence-electron chi connectivity index (χ1n) is 13.2. The number of allylic oxidation sites excluding steroid dienone is 1. The molecule has 1 aromatic carbocycles. The highest BCUT2D eigenvalue weighted by atomic mass is 16.5. The molecule has 4 rings (SSSR count). The number of nitrogens with zero attached hydrogens (tertiary/aromatic N) is 1. The van der Waals surface area contributed by atoms with Gasteiger partial charge in [-0.15, -0.1) is 0 Å². The van der Waals surface area contributed by atoms with E-state index in [-0.39, 0.29) is 31.6 Å². The second kappa shape index (κ2) is 12.7. The van der Waals surface area contributed by atoms with E-state index in [1.807, 2.05) is 12.1 Å². The van der Waals surface area contributed by atoms with Crippen molar-refractivity contribution in [3.63, 3.8) is 0 Å². The summed E-state index contributed by atoms with van der Waals surface area (Å²) in [5.41, 5.74) is 3.00. The van der Waals surface area contributed by atoms with Crippen molar-refractivity contribution in [2.24, 2.45) is 17.8 Å². The number of aliphatic hydroxyl groups is 3. The number of imide groups is 1. The molecule has 0 saturated carbocycles. The molecule has 3 N–H and O–H groups in total. The van der Waals surface area contributed by atoms with Crippen LogP contribution >= 0.6 is 0 Å². The van der Waals surface area contributed by atoms with Crippen LogP contribution in [0.25, 0.3) is 6.08 Å². The van der Waals surface area contributed by atoms with Gasteiger partial charge in [0.1, 0.15) is 18.1 Å². The highest BCUT2D eigenvalue weighted by Gasteiger charge is 2.55. The fourth-order valence-corrected chi connectivity index (χ4v) is 5.92. The van der Waals surface area contributed by atoms with Gasteiger partial charge in [-0.3, -0.25) is 14.5 Å². The largest absolute Gasteiger partial charge is 0.459 e. The first kappa shape index (κ1) is 28.0. The molecule has 2 amide bonds. The van der Waals surface area contributed by atoms with E-state index in [4.69, 9.17) is 9.15 Å². The van der Waals surface area contributed by atoms with Gasteiger partial charge in [0.15, 0.2) is 0 Å². The first-order valence-corrected chi connectivity index (χ1v) is 13.2. The summed E-state index contributed by atoms with van der Waals surface area (Å²) in [6.07, 6.45) is 4.06. The van der Waals surface area contributed by atoms with E-state index in [0.717, 1.165) is 24.0 Å². The van der Waals surface area contributed by atoms with Crippen molar-refractivity contribution in [1.29, 1.82) is 0 Å². The molecule has 0 radical (unpaired) electrons. The Kier molecular flexibility index (Phi) is 9.33. The summed E-state index contributed by atoms with van der Waals surface area (Å²) in [6, 6.07) is 12.4. The van der Waals surface area contributed by atoms with Crippen molar-refractivity contribution in [3.05, 3.63) is 70.7 Å². The number of benzene rings is 1. The van der Waals surface area contributed by atoms with Gasteiger partial charge < -0.3 is 24.5 Å². The number of methoxy groups -OCH3 is 1. The van der Waals surface area contributed by atoms with Gasteiger partial charge in [-0.2, -0.15) is 0 Å². The average molecular weight is 524 g/mol. The topological polar surface area (TPSA) is 120 Å². The molecule has 2 aromatic rings. The summed E-state index contributed by atoms with van der Waals surface area (Å²) >= 11 is 0. The summed E-state index contributed by atoms with van der Waals surface area (Å²) in [4.78, 5) is 28.2. The average Bonchev–Trinajstić information content (AvgIpc) is 3.48. The summed E-state index contributed by atoms with van der Waals surface area (Å²) < 4.78 is 11.0. The molecule has 4 atom stereocenters. The van der Waals surface area contributed by atoms with E-state index < -0.39 is 23.9 Å². The first-order chi connectivity index (χ1) is 18.4. The van der Waals surface area contributed by atoms with Crippen LogP contribution < -0.4 is 4.90 Å². The lowest BCUT2D eigenvalue weighted by Gasteiger charge is -2.36. The van der Waals surface area contributed by atoms with Crippen LogP contribution in [0.15, 0.2) is 63.6 Å². The van der Waals surface area contributed by atoms with Crippen molar-refractivity contribution >= 4 is 23.6 Å². The quantitative estimate of drug-likeness (QED) is 0.285. The molecular weight excluding hydrogens is 486 g/mol. The van der Waals surface area contributed by atoms with Crippen LogP contribution in [0.2, 0.25) is 0 Å². The summed E-state index contributed by atoms with van der Waals surface area (Å²) in [7, 11) is 1.56. The third-order valence-corrected chi connectivity index (χ3v) is 7.57. The van der Waals surface area contributed by atoms with Gasteiger partial charge in [0.25, 0.3) is 0 Å². The zero-order chi connectivity index (χ0) is 27.2. The fraction of sp³-hybridized carbons (Fsp3) is 0.467. The maximum absolute atomic E-state index is 13.6. The standard InChI is InChI=1S/C30H37NO7/c1-3-7-19(14-22-11-12-23(16-32)38-22)10-13-26(34)27-20(18-37-2)15-24-28(25(27)17-33)30(36)31(29(24)35)21-8-5-4-6-9-21/h4-6,8-9,11-12,14,24-26,28,32-34H,3,7,10,13,15-18H2,1-2H3/b19-14+/t24-,25+,26-,28-/m1/s1. The summed E-state index contributed by atoms with van der Waals surface area (Å²) in [6.45, 7) is 1.78. The van der Waals surface area contributed by atoms with Gasteiger partial charge in [0.05, 0.1) is 36.8 Å². The zero-order valence-corrected chi connectivity index (χ0v) is 22.0. The number of hydrogen-bond donors (Lipinski definition) is 3. The van der Waals surface area contributed by atoms with Crippen molar-refractivity contribution in [1.82, 2.24) is 0 Å². The molecule has 2 aliphatic rings. The third kappa shape index (κ3) is 5.68. The maximum Gasteiger partial charge on any atom is 0.238 e. The highest BCUT2D eigenvalue weighted by molar-refractivity contribution is 6.22. The van der Waals surface area contributed by atoms with Crippen molar-refractivity contribution in [2.75, 3.05) is 25.2 Å². The Bertz CT molecular complexity index is 1180. The lowest BCUT2D eigenvalue weighted by Crippen LogP contribution is -2.39. The number of carbonyl (C=O) groups is 2. The molecule has 0 unspecified atom stereocenters. The predicted molar refractivity (Wildman–Crippen MR) is 143 cm³/mol. The Morgan fingerprint density at radius 2 is 1.89 bits per heavy atom. The highest BCUT2D eigenvalue weighted by Crippen LogP contribution is 2.47. The van der Waals surface area contributed by atoms with Gasteiger partial charge in [0, 0.05) is 13.0 Å². The Hall–Kier alpha value is -3.04. The second-order valence-corrected chi connectivity index (χ2v) is 10.0. The maximum atomic E-state index is 13.6. The van der Waals surface area contributed by atoms with Gasteiger partial charge in [0.2, 0.25) is 11.8 Å². The lowest BCUT2D eigenvalue weighted by atomic mass is 9.68. The van der Waals surface area contributed by atoms with Crippen LogP contribution in [0.5, 0.6) is 0 Å². The molecule has 38 heavy (non-hydrogen) atoms. The molecule has 1 aliphatic heterocycles. The van der Waals surface area contributed by atoms with Gasteiger partial charge in [-0.25, -0.2) is 0 Å². The van der Waals surface area contributed by atoms with Crippen LogP contribution in [0.4, 0.5) is 5.69 Å². The molecule has 2 heterocycles. The molecule has 1 saturated heterocycles. The van der Waals surface area contributed by atoms with Crippen LogP contribution in [0.3, 0.4) is 0 Å². The SMILES string of the molecule is CCC/C(=C\c1ccc(CO)o1)CC[C@@H](O)C1=C(COC)C[C@H]2C(=O)N(c3ccccc3)C(=O)[C@H]2[C@H]1CO. The molecule has 0 bridgehead atoms. The van der Waals surface area contributed by atoms with Crippen LogP contribution in [-0.4, -0.2) is 53.6 Å². The zero-order valence-electron chi connectivity index (χ0n) is 22.0. The number of para-hydroxylation sites is 1. The van der Waals surface area contributed by atoms with Crippen molar-refractivity contribution in [2.45, 2.75) is 51.7 Å². The number of anilines is 1. The third-order valence-electron chi connectivity index (χ3n) is 7.57. The monoisotopic (exact) mass is 523 g/mol. The Labute approximate surface area is 223 Å². The molecule has 1 aliphatic carbocycles. The lowest BCUT2D eigenvalue weighted by molar-refractivity contribution is -0.123. The number of fused-ring (bicyclic) bond motifs is 1. The van der Waals surface area contributed by atoms with E-state index >= 15 is 0 Å². The number of hydrogen-bond acceptors (Lipinski definition) is 7. The molecule has 8 nitrogen and oxygen atoms in total. The second-order valence-electron chi connectivity index (χ2n) is 10.0. The predicted octanol–water partition coefficient (Wildman–Crippen LogP) is 3.86. The molecule has 0 spiro atoms. The van der Waals surface area contributed by atoms with Gasteiger partial charge in [-0.1, -0.05) is 37.1 Å². The normalized spacial score (nSPS) is 22.8. The number of aliphatic hydroxyl groups excluding tert-OH is 3. The molecule has 204 valence electrons. The van der Waals surface area contributed by atoms with Gasteiger partial charge >= 0.3 is 0 Å². The Morgan fingerprint density at radius 1 is 1.13 bits per heavy atom. The van der Waals surface area contributed by atoms with E-state index in [1.54, 1.807) is 43.5 Å².